The maximum absolute atomic E-state index is 12.0. The summed E-state index contributed by atoms with van der Waals surface area (Å²) < 4.78 is 6.13. The third-order valence-corrected chi connectivity index (χ3v) is 5.77. The second-order valence-electron chi connectivity index (χ2n) is 8.43. The molecule has 2 aromatic rings. The number of fused-ring (bicyclic) bond motifs is 1. The van der Waals surface area contributed by atoms with Gasteiger partial charge in [-0.1, -0.05) is 75.8 Å². The Kier molecular flexibility index (Phi) is 7.18. The van der Waals surface area contributed by atoms with Crippen molar-refractivity contribution in [3.8, 4) is 5.75 Å². The van der Waals surface area contributed by atoms with Crippen LogP contribution in [0.25, 0.3) is 16.8 Å². The summed E-state index contributed by atoms with van der Waals surface area (Å²) in [5.41, 5.74) is 7.13. The van der Waals surface area contributed by atoms with Crippen LogP contribution < -0.4 is 15.6 Å². The Labute approximate surface area is 174 Å². The summed E-state index contributed by atoms with van der Waals surface area (Å²) in [6.07, 6.45) is 11.0. The minimum Gasteiger partial charge on any atom is -0.493 e. The van der Waals surface area contributed by atoms with E-state index in [-0.39, 0.29) is 5.91 Å². The first-order chi connectivity index (χ1) is 14.0. The van der Waals surface area contributed by atoms with E-state index in [1.165, 1.54) is 38.5 Å². The largest absolute Gasteiger partial charge is 0.493 e. The SMILES string of the molecule is CCCCCCCCCOc1ccc(/C=C2\NNC(=O)C2(C)C)c2ccccc12. The quantitative estimate of drug-likeness (QED) is 0.488. The van der Waals surface area contributed by atoms with Crippen LogP contribution >= 0.6 is 0 Å². The molecule has 1 saturated heterocycles. The maximum Gasteiger partial charge on any atom is 0.249 e. The molecule has 29 heavy (non-hydrogen) atoms. The first kappa shape index (κ1) is 21.2. The highest BCUT2D eigenvalue weighted by atomic mass is 16.5. The van der Waals surface area contributed by atoms with Gasteiger partial charge in [-0.25, -0.2) is 0 Å². The van der Waals surface area contributed by atoms with Crippen LogP contribution in [0.15, 0.2) is 42.1 Å². The molecule has 1 amide bonds. The number of carbonyl (C=O) groups excluding carboxylic acids is 1. The molecule has 1 heterocycles. The van der Waals surface area contributed by atoms with Crippen LogP contribution in [0.3, 0.4) is 0 Å². The van der Waals surface area contributed by atoms with Gasteiger partial charge in [-0.2, -0.15) is 0 Å². The van der Waals surface area contributed by atoms with Crippen molar-refractivity contribution in [2.45, 2.75) is 65.7 Å². The van der Waals surface area contributed by atoms with Crippen LogP contribution in [0.5, 0.6) is 5.75 Å². The number of hydrogen-bond acceptors (Lipinski definition) is 3. The molecular weight excluding hydrogens is 360 g/mol. The normalized spacial score (nSPS) is 16.8. The zero-order valence-corrected chi connectivity index (χ0v) is 18.0. The van der Waals surface area contributed by atoms with E-state index in [1.54, 1.807) is 0 Å². The minimum absolute atomic E-state index is 0.0114. The number of hydrazine groups is 1. The fraction of sp³-hybridized carbons (Fsp3) is 0.480. The molecule has 4 heteroatoms. The molecule has 0 atom stereocenters. The zero-order valence-electron chi connectivity index (χ0n) is 18.0. The van der Waals surface area contributed by atoms with Crippen LogP contribution in [0.2, 0.25) is 0 Å². The Hall–Kier alpha value is -2.49. The molecule has 0 spiro atoms. The molecule has 0 saturated carbocycles. The van der Waals surface area contributed by atoms with E-state index in [9.17, 15) is 4.79 Å². The molecule has 0 radical (unpaired) electrons. The lowest BCUT2D eigenvalue weighted by molar-refractivity contribution is -0.125. The van der Waals surface area contributed by atoms with Crippen molar-refractivity contribution < 1.29 is 9.53 Å². The monoisotopic (exact) mass is 394 g/mol. The molecule has 2 aromatic carbocycles. The van der Waals surface area contributed by atoms with Crippen molar-refractivity contribution in [2.75, 3.05) is 6.61 Å². The van der Waals surface area contributed by atoms with E-state index in [0.717, 1.165) is 40.8 Å². The second-order valence-corrected chi connectivity index (χ2v) is 8.43. The summed E-state index contributed by atoms with van der Waals surface area (Å²) in [4.78, 5) is 12.0. The van der Waals surface area contributed by atoms with Crippen molar-refractivity contribution in [1.29, 1.82) is 0 Å². The standard InChI is InChI=1S/C25H34N2O2/c1-4-5-6-7-8-9-12-17-29-22-16-15-19(20-13-10-11-14-21(20)22)18-23-25(2,3)24(28)27-26-23/h10-11,13-16,18,26H,4-9,12,17H2,1-3H3,(H,27,28)/b23-18-. The van der Waals surface area contributed by atoms with Crippen molar-refractivity contribution in [3.63, 3.8) is 0 Å². The summed E-state index contributed by atoms with van der Waals surface area (Å²) in [5.74, 6) is 0.921. The molecular formula is C25H34N2O2. The van der Waals surface area contributed by atoms with E-state index in [1.807, 2.05) is 32.0 Å². The summed E-state index contributed by atoms with van der Waals surface area (Å²) in [6.45, 7) is 6.86. The average molecular weight is 395 g/mol. The average Bonchev–Trinajstić information content (AvgIpc) is 2.97. The van der Waals surface area contributed by atoms with Gasteiger partial charge in [-0.15, -0.1) is 0 Å². The van der Waals surface area contributed by atoms with E-state index < -0.39 is 5.41 Å². The van der Waals surface area contributed by atoms with Crippen LogP contribution in [0.4, 0.5) is 0 Å². The topological polar surface area (TPSA) is 50.4 Å². The fourth-order valence-electron chi connectivity index (χ4n) is 3.72. The number of nitrogens with one attached hydrogen (secondary N) is 2. The van der Waals surface area contributed by atoms with E-state index in [2.05, 4.69) is 42.1 Å². The molecule has 0 bridgehead atoms. The van der Waals surface area contributed by atoms with Gasteiger partial charge in [0.25, 0.3) is 0 Å². The van der Waals surface area contributed by atoms with Crippen molar-refractivity contribution in [3.05, 3.63) is 47.7 Å². The van der Waals surface area contributed by atoms with Crippen molar-refractivity contribution in [1.82, 2.24) is 10.9 Å². The van der Waals surface area contributed by atoms with Gasteiger partial charge >= 0.3 is 0 Å². The van der Waals surface area contributed by atoms with Crippen LogP contribution in [0.1, 0.15) is 71.3 Å². The number of unbranched alkanes of at least 4 members (excludes halogenated alkanes) is 6. The molecule has 1 fully saturated rings. The Bertz CT molecular complexity index is 870. The molecule has 1 aliphatic heterocycles. The Balaban J connectivity index is 1.68. The van der Waals surface area contributed by atoms with Crippen molar-refractivity contribution in [2.24, 2.45) is 5.41 Å². The molecule has 0 aromatic heterocycles. The van der Waals surface area contributed by atoms with E-state index in [0.29, 0.717) is 0 Å². The predicted molar refractivity (Wildman–Crippen MR) is 120 cm³/mol. The highest BCUT2D eigenvalue weighted by molar-refractivity contribution is 5.96. The first-order valence-corrected chi connectivity index (χ1v) is 11.0. The highest BCUT2D eigenvalue weighted by Crippen LogP contribution is 2.34. The summed E-state index contributed by atoms with van der Waals surface area (Å²) in [6, 6.07) is 12.4. The molecule has 0 aliphatic carbocycles. The molecule has 0 unspecified atom stereocenters. The second kappa shape index (κ2) is 9.82. The molecule has 156 valence electrons. The van der Waals surface area contributed by atoms with Gasteiger partial charge in [0.15, 0.2) is 0 Å². The summed E-state index contributed by atoms with van der Waals surface area (Å²) in [7, 11) is 0. The number of carbonyl (C=O) groups is 1. The van der Waals surface area contributed by atoms with Crippen molar-refractivity contribution >= 4 is 22.8 Å². The predicted octanol–water partition coefficient (Wildman–Crippen LogP) is 5.97. The lowest BCUT2D eigenvalue weighted by Crippen LogP contribution is -2.28. The van der Waals surface area contributed by atoms with Gasteiger partial charge < -0.3 is 10.2 Å². The third kappa shape index (κ3) is 5.11. The summed E-state index contributed by atoms with van der Waals surface area (Å²) >= 11 is 0. The van der Waals surface area contributed by atoms with Gasteiger partial charge in [0.1, 0.15) is 5.75 Å². The van der Waals surface area contributed by atoms with Gasteiger partial charge in [-0.3, -0.25) is 10.2 Å². The Morgan fingerprint density at radius 1 is 0.897 bits per heavy atom. The van der Waals surface area contributed by atoms with Gasteiger partial charge in [0.2, 0.25) is 5.91 Å². The molecule has 1 aliphatic rings. The van der Waals surface area contributed by atoms with Crippen LogP contribution in [-0.4, -0.2) is 12.5 Å². The zero-order chi connectivity index (χ0) is 20.7. The van der Waals surface area contributed by atoms with Gasteiger partial charge in [0.05, 0.1) is 12.0 Å². The molecule has 2 N–H and O–H groups in total. The van der Waals surface area contributed by atoms with E-state index >= 15 is 0 Å². The Morgan fingerprint density at radius 3 is 2.28 bits per heavy atom. The van der Waals surface area contributed by atoms with Gasteiger partial charge in [-0.05, 0) is 43.4 Å². The third-order valence-electron chi connectivity index (χ3n) is 5.77. The number of rotatable bonds is 10. The Morgan fingerprint density at radius 2 is 1.59 bits per heavy atom. The van der Waals surface area contributed by atoms with Crippen LogP contribution in [-0.2, 0) is 4.79 Å². The minimum atomic E-state index is -0.562. The van der Waals surface area contributed by atoms with E-state index in [4.69, 9.17) is 4.74 Å². The first-order valence-electron chi connectivity index (χ1n) is 11.0. The van der Waals surface area contributed by atoms with Gasteiger partial charge in [0, 0.05) is 11.1 Å². The van der Waals surface area contributed by atoms with Crippen LogP contribution in [0, 0.1) is 5.41 Å². The number of ether oxygens (including phenoxy) is 1. The smallest absolute Gasteiger partial charge is 0.249 e. The lowest BCUT2D eigenvalue weighted by atomic mass is 9.88. The molecule has 3 rings (SSSR count). The molecule has 4 nitrogen and oxygen atoms in total. The summed E-state index contributed by atoms with van der Waals surface area (Å²) in [5, 5.41) is 2.24. The highest BCUT2D eigenvalue weighted by Gasteiger charge is 2.37. The maximum atomic E-state index is 12.0. The number of hydrogen-bond donors (Lipinski definition) is 2. The number of benzene rings is 2. The fourth-order valence-corrected chi connectivity index (χ4v) is 3.72. The number of amides is 1. The lowest BCUT2D eigenvalue weighted by Gasteiger charge is -2.16.